The van der Waals surface area contributed by atoms with Crippen molar-refractivity contribution in [1.82, 2.24) is 14.6 Å². The number of amides is 1. The molecule has 3 heterocycles. The fourth-order valence-electron chi connectivity index (χ4n) is 3.78. The lowest BCUT2D eigenvalue weighted by atomic mass is 10.1. The van der Waals surface area contributed by atoms with Crippen LogP contribution in [-0.2, 0) is 17.6 Å². The van der Waals surface area contributed by atoms with E-state index in [0.717, 1.165) is 55.6 Å². The lowest BCUT2D eigenvalue weighted by Crippen LogP contribution is -2.40. The minimum absolute atomic E-state index is 0.0327. The van der Waals surface area contributed by atoms with Gasteiger partial charge in [-0.15, -0.1) is 5.10 Å². The number of hydrogen-bond donors (Lipinski definition) is 1. The summed E-state index contributed by atoms with van der Waals surface area (Å²) in [5.41, 5.74) is 2.60. The van der Waals surface area contributed by atoms with Crippen molar-refractivity contribution in [2.45, 2.75) is 52.0 Å². The quantitative estimate of drug-likeness (QED) is 0.673. The Kier molecular flexibility index (Phi) is 5.62. The summed E-state index contributed by atoms with van der Waals surface area (Å²) in [5.74, 6) is -0.0327. The van der Waals surface area contributed by atoms with Crippen LogP contribution >= 0.6 is 11.3 Å². The van der Waals surface area contributed by atoms with Gasteiger partial charge in [-0.3, -0.25) is 9.59 Å². The first-order valence-electron chi connectivity index (χ1n) is 10.2. The van der Waals surface area contributed by atoms with Crippen molar-refractivity contribution in [1.29, 1.82) is 0 Å². The second-order valence-corrected chi connectivity index (χ2v) is 8.20. The number of anilines is 2. The number of nitrogens with one attached hydrogen (secondary N) is 1. The Hall–Kier alpha value is -2.74. The van der Waals surface area contributed by atoms with Crippen molar-refractivity contribution in [3.05, 3.63) is 51.9 Å². The average molecular weight is 412 g/mol. The van der Waals surface area contributed by atoms with Gasteiger partial charge in [-0.1, -0.05) is 49.8 Å². The molecule has 0 spiro atoms. The molecule has 0 bridgehead atoms. The van der Waals surface area contributed by atoms with Gasteiger partial charge < -0.3 is 10.2 Å². The molecule has 0 aliphatic carbocycles. The first-order valence-corrected chi connectivity index (χ1v) is 11.0. The highest BCUT2D eigenvalue weighted by Gasteiger charge is 2.33. The molecule has 1 amide bonds. The van der Waals surface area contributed by atoms with Crippen LogP contribution in [0.2, 0.25) is 0 Å². The lowest BCUT2D eigenvalue weighted by Gasteiger charge is -2.23. The van der Waals surface area contributed by atoms with Crippen molar-refractivity contribution in [3.63, 3.8) is 0 Å². The predicted molar refractivity (Wildman–Crippen MR) is 116 cm³/mol. The van der Waals surface area contributed by atoms with Gasteiger partial charge in [0.05, 0.1) is 0 Å². The van der Waals surface area contributed by atoms with Gasteiger partial charge in [0.15, 0.2) is 0 Å². The smallest absolute Gasteiger partial charge is 0.275 e. The molecule has 1 aliphatic rings. The molecule has 1 atom stereocenters. The van der Waals surface area contributed by atoms with Crippen molar-refractivity contribution in [2.24, 2.45) is 0 Å². The van der Waals surface area contributed by atoms with Crippen molar-refractivity contribution in [2.75, 3.05) is 16.8 Å². The zero-order valence-electron chi connectivity index (χ0n) is 16.7. The van der Waals surface area contributed by atoms with Gasteiger partial charge in [0.1, 0.15) is 6.04 Å². The Bertz CT molecular complexity index is 1090. The van der Waals surface area contributed by atoms with Gasteiger partial charge in [-0.25, -0.2) is 4.98 Å². The molecule has 7 nitrogen and oxygen atoms in total. The van der Waals surface area contributed by atoms with E-state index in [1.54, 1.807) is 6.07 Å². The van der Waals surface area contributed by atoms with Crippen LogP contribution in [0.25, 0.3) is 4.96 Å². The maximum absolute atomic E-state index is 13.0. The van der Waals surface area contributed by atoms with E-state index in [1.165, 1.54) is 15.9 Å². The maximum atomic E-state index is 13.0. The van der Waals surface area contributed by atoms with E-state index in [9.17, 15) is 9.59 Å². The van der Waals surface area contributed by atoms with Gasteiger partial charge >= 0.3 is 0 Å². The van der Waals surface area contributed by atoms with E-state index in [0.29, 0.717) is 10.1 Å². The molecule has 1 aliphatic heterocycles. The number of carbonyl (C=O) groups is 1. The second kappa shape index (κ2) is 8.32. The summed E-state index contributed by atoms with van der Waals surface area (Å²) < 4.78 is 1.35. The van der Waals surface area contributed by atoms with Crippen LogP contribution in [0.1, 0.15) is 44.4 Å². The third-order valence-corrected chi connectivity index (χ3v) is 6.20. The number of para-hydroxylation sites is 1. The number of benzene rings is 1. The summed E-state index contributed by atoms with van der Waals surface area (Å²) in [6, 6.07) is 9.13. The molecule has 0 saturated carbocycles. The van der Waals surface area contributed by atoms with Crippen LogP contribution in [0.15, 0.2) is 35.1 Å². The molecule has 152 valence electrons. The first kappa shape index (κ1) is 19.6. The largest absolute Gasteiger partial charge is 0.335 e. The molecule has 8 heteroatoms. The van der Waals surface area contributed by atoms with Crippen molar-refractivity contribution < 1.29 is 4.79 Å². The Morgan fingerprint density at radius 3 is 2.93 bits per heavy atom. The normalized spacial score (nSPS) is 16.5. The molecule has 0 unspecified atom stereocenters. The molecule has 29 heavy (non-hydrogen) atoms. The zero-order chi connectivity index (χ0) is 20.4. The molecule has 0 radical (unpaired) electrons. The highest BCUT2D eigenvalue weighted by Crippen LogP contribution is 2.30. The summed E-state index contributed by atoms with van der Waals surface area (Å²) >= 11 is 1.37. The second-order valence-electron chi connectivity index (χ2n) is 7.27. The number of carbonyl (C=O) groups excluding carboxylic acids is 1. The Labute approximate surface area is 173 Å². The number of aryl methyl sites for hydroxylation is 2. The van der Waals surface area contributed by atoms with Gasteiger partial charge in [0.2, 0.25) is 16.0 Å². The third kappa shape index (κ3) is 3.89. The predicted octanol–water partition coefficient (Wildman–Crippen LogP) is 3.27. The van der Waals surface area contributed by atoms with E-state index in [2.05, 4.69) is 29.2 Å². The summed E-state index contributed by atoms with van der Waals surface area (Å²) in [4.78, 5) is 32.6. The lowest BCUT2D eigenvalue weighted by molar-refractivity contribution is -0.117. The van der Waals surface area contributed by atoms with E-state index >= 15 is 0 Å². The number of rotatable bonds is 6. The van der Waals surface area contributed by atoms with E-state index in [4.69, 9.17) is 0 Å². The third-order valence-electron chi connectivity index (χ3n) is 5.25. The topological polar surface area (TPSA) is 79.6 Å². The van der Waals surface area contributed by atoms with Crippen molar-refractivity contribution in [3.8, 4) is 0 Å². The molecule has 4 rings (SSSR count). The Morgan fingerprint density at radius 1 is 1.31 bits per heavy atom. The van der Waals surface area contributed by atoms with Gasteiger partial charge in [0.25, 0.3) is 5.56 Å². The number of hydrogen-bond acceptors (Lipinski definition) is 6. The van der Waals surface area contributed by atoms with Crippen LogP contribution in [0.5, 0.6) is 0 Å². The number of fused-ring (bicyclic) bond motifs is 1. The minimum atomic E-state index is -0.300. The SMILES string of the molecule is CCCc1cc(=O)n2nc(N3CCC[C@@H]3C(=O)Nc3ccccc3CC)sc2n1. The average Bonchev–Trinajstić information content (AvgIpc) is 3.35. The van der Waals surface area contributed by atoms with E-state index < -0.39 is 0 Å². The summed E-state index contributed by atoms with van der Waals surface area (Å²) in [5, 5.41) is 8.23. The Morgan fingerprint density at radius 2 is 2.14 bits per heavy atom. The highest BCUT2D eigenvalue weighted by molar-refractivity contribution is 7.20. The molecule has 1 aromatic carbocycles. The molecular formula is C21H25N5O2S. The van der Waals surface area contributed by atoms with Gasteiger partial charge in [0, 0.05) is 24.0 Å². The fourth-order valence-corrected chi connectivity index (χ4v) is 4.78. The van der Waals surface area contributed by atoms with Crippen LogP contribution in [0.4, 0.5) is 10.8 Å². The first-order chi connectivity index (χ1) is 14.1. The zero-order valence-corrected chi connectivity index (χ0v) is 17.5. The molecule has 1 fully saturated rings. The van der Waals surface area contributed by atoms with Gasteiger partial charge in [-0.2, -0.15) is 4.52 Å². The molecule has 3 aromatic rings. The minimum Gasteiger partial charge on any atom is -0.335 e. The summed E-state index contributed by atoms with van der Waals surface area (Å²) in [7, 11) is 0. The maximum Gasteiger partial charge on any atom is 0.275 e. The van der Waals surface area contributed by atoms with Crippen LogP contribution in [0, 0.1) is 0 Å². The summed E-state index contributed by atoms with van der Waals surface area (Å²) in [6.07, 6.45) is 4.23. The van der Waals surface area contributed by atoms with Crippen LogP contribution in [0.3, 0.4) is 0 Å². The van der Waals surface area contributed by atoms with Gasteiger partial charge in [-0.05, 0) is 37.3 Å². The fraction of sp³-hybridized carbons (Fsp3) is 0.429. The Balaban J connectivity index is 1.60. The number of nitrogens with zero attached hydrogens (tertiary/aromatic N) is 4. The molecular weight excluding hydrogens is 386 g/mol. The standard InChI is InChI=1S/C21H25N5O2S/c1-3-8-15-13-18(27)26-20(22-15)29-21(24-26)25-12-7-11-17(25)19(28)23-16-10-6-5-9-14(16)4-2/h5-6,9-10,13,17H,3-4,7-8,11-12H2,1-2H3,(H,23,28)/t17-/m1/s1. The highest BCUT2D eigenvalue weighted by atomic mass is 32.1. The number of aromatic nitrogens is 3. The van der Waals surface area contributed by atoms with E-state index in [-0.39, 0.29) is 17.5 Å². The van der Waals surface area contributed by atoms with Crippen molar-refractivity contribution >= 4 is 33.0 Å². The van der Waals surface area contributed by atoms with E-state index in [1.807, 2.05) is 29.2 Å². The van der Waals surface area contributed by atoms with Crippen LogP contribution < -0.4 is 15.8 Å². The van der Waals surface area contributed by atoms with Crippen LogP contribution in [-0.4, -0.2) is 33.1 Å². The monoisotopic (exact) mass is 411 g/mol. The molecule has 1 N–H and O–H groups in total. The molecule has 1 saturated heterocycles. The summed E-state index contributed by atoms with van der Waals surface area (Å²) in [6.45, 7) is 4.88. The molecule has 2 aromatic heterocycles.